The number of halogens is 2. The van der Waals surface area contributed by atoms with Crippen molar-refractivity contribution in [3.63, 3.8) is 0 Å². The van der Waals surface area contributed by atoms with E-state index in [1.807, 2.05) is 6.20 Å². The van der Waals surface area contributed by atoms with Crippen molar-refractivity contribution in [1.82, 2.24) is 9.78 Å². The zero-order chi connectivity index (χ0) is 16.9. The Kier molecular flexibility index (Phi) is 6.05. The molecule has 0 aliphatic carbocycles. The molecular weight excluding hydrogens is 369 g/mol. The van der Waals surface area contributed by atoms with Crippen LogP contribution in [0, 0.1) is 0 Å². The molecule has 24 heavy (non-hydrogen) atoms. The van der Waals surface area contributed by atoms with Crippen molar-refractivity contribution in [1.29, 1.82) is 0 Å². The fraction of sp³-hybridized carbons (Fsp3) is 0.375. The molecule has 1 aromatic carbocycles. The Bertz CT molecular complexity index is 717. The molecule has 1 atom stereocenters. The predicted octanol–water partition coefficient (Wildman–Crippen LogP) is 4.10. The molecule has 5 nitrogen and oxygen atoms in total. The molecule has 1 aliphatic heterocycles. The maximum atomic E-state index is 12.1. The number of nitrogens with one attached hydrogen (secondary N) is 1. The first-order valence-corrected chi connectivity index (χ1v) is 9.36. The average molecular weight is 386 g/mol. The lowest BCUT2D eigenvalue weighted by Crippen LogP contribution is -2.15. The van der Waals surface area contributed by atoms with Crippen molar-refractivity contribution in [2.24, 2.45) is 0 Å². The van der Waals surface area contributed by atoms with Crippen molar-refractivity contribution in [3.05, 3.63) is 40.6 Å². The van der Waals surface area contributed by atoms with Gasteiger partial charge in [0.25, 0.3) is 0 Å². The lowest BCUT2D eigenvalue weighted by Gasteiger charge is -2.08. The summed E-state index contributed by atoms with van der Waals surface area (Å²) < 4.78 is 7.38. The van der Waals surface area contributed by atoms with Gasteiger partial charge in [0.1, 0.15) is 0 Å². The van der Waals surface area contributed by atoms with Gasteiger partial charge in [-0.1, -0.05) is 23.2 Å². The van der Waals surface area contributed by atoms with E-state index in [9.17, 15) is 4.79 Å². The highest BCUT2D eigenvalue weighted by molar-refractivity contribution is 8.00. The van der Waals surface area contributed by atoms with Crippen LogP contribution in [-0.4, -0.2) is 34.2 Å². The quantitative estimate of drug-likeness (QED) is 0.760. The first-order valence-electron chi connectivity index (χ1n) is 7.62. The smallest absolute Gasteiger partial charge is 0.234 e. The van der Waals surface area contributed by atoms with Crippen LogP contribution in [0.3, 0.4) is 0 Å². The molecule has 0 radical (unpaired) electrons. The number of rotatable bonds is 6. The van der Waals surface area contributed by atoms with Crippen LogP contribution in [0.25, 0.3) is 0 Å². The highest BCUT2D eigenvalue weighted by Gasteiger charge is 2.16. The van der Waals surface area contributed by atoms with E-state index in [-0.39, 0.29) is 17.8 Å². The molecule has 3 rings (SSSR count). The molecule has 1 N–H and O–H groups in total. The second-order valence-electron chi connectivity index (χ2n) is 5.50. The second kappa shape index (κ2) is 8.25. The van der Waals surface area contributed by atoms with E-state index >= 15 is 0 Å². The highest BCUT2D eigenvalue weighted by atomic mass is 35.5. The summed E-state index contributed by atoms with van der Waals surface area (Å²) in [6, 6.07) is 5.19. The molecule has 2 aromatic rings. The van der Waals surface area contributed by atoms with E-state index in [0.29, 0.717) is 22.3 Å². The van der Waals surface area contributed by atoms with Crippen LogP contribution in [0.1, 0.15) is 12.8 Å². The Hall–Kier alpha value is -1.21. The van der Waals surface area contributed by atoms with Crippen LogP contribution in [0.2, 0.25) is 10.0 Å². The normalized spacial score (nSPS) is 17.2. The highest BCUT2D eigenvalue weighted by Crippen LogP contribution is 2.29. The minimum Gasteiger partial charge on any atom is -0.376 e. The molecule has 1 aromatic heterocycles. The van der Waals surface area contributed by atoms with Gasteiger partial charge in [-0.25, -0.2) is 0 Å². The molecule has 1 saturated heterocycles. The summed E-state index contributed by atoms with van der Waals surface area (Å²) >= 11 is 13.4. The summed E-state index contributed by atoms with van der Waals surface area (Å²) in [5.41, 5.74) is 0.677. The molecule has 1 unspecified atom stereocenters. The van der Waals surface area contributed by atoms with E-state index in [2.05, 4.69) is 10.4 Å². The van der Waals surface area contributed by atoms with Crippen LogP contribution in [0.4, 0.5) is 5.69 Å². The van der Waals surface area contributed by atoms with Gasteiger partial charge in [0, 0.05) is 22.7 Å². The third kappa shape index (κ3) is 4.89. The number of hydrogen-bond acceptors (Lipinski definition) is 4. The molecule has 1 fully saturated rings. The molecule has 8 heteroatoms. The van der Waals surface area contributed by atoms with Crippen molar-refractivity contribution in [2.75, 3.05) is 17.7 Å². The third-order valence-electron chi connectivity index (χ3n) is 3.58. The predicted molar refractivity (Wildman–Crippen MR) is 97.0 cm³/mol. The van der Waals surface area contributed by atoms with Crippen molar-refractivity contribution >= 4 is 46.6 Å². The second-order valence-corrected chi connectivity index (χ2v) is 7.36. The molecule has 2 heterocycles. The Labute approximate surface area is 154 Å². The number of benzene rings is 1. The van der Waals surface area contributed by atoms with E-state index in [0.717, 1.165) is 24.3 Å². The summed E-state index contributed by atoms with van der Waals surface area (Å²) in [5.74, 6) is 0.129. The molecular formula is C16H17Cl2N3O2S. The van der Waals surface area contributed by atoms with Gasteiger partial charge < -0.3 is 10.1 Å². The molecule has 0 spiro atoms. The largest absolute Gasteiger partial charge is 0.376 e. The lowest BCUT2D eigenvalue weighted by atomic mass is 10.2. The Balaban J connectivity index is 1.49. The summed E-state index contributed by atoms with van der Waals surface area (Å²) in [6.07, 6.45) is 5.83. The number of hydrogen-bond donors (Lipinski definition) is 1. The summed E-state index contributed by atoms with van der Waals surface area (Å²) in [7, 11) is 0. The number of carbonyl (C=O) groups excluding carboxylic acids is 1. The van der Waals surface area contributed by atoms with Crippen LogP contribution in [0.5, 0.6) is 0 Å². The molecule has 128 valence electrons. The Morgan fingerprint density at radius 3 is 3.12 bits per heavy atom. The van der Waals surface area contributed by atoms with Crippen molar-refractivity contribution in [3.8, 4) is 0 Å². The van der Waals surface area contributed by atoms with Crippen molar-refractivity contribution < 1.29 is 9.53 Å². The summed E-state index contributed by atoms with van der Waals surface area (Å²) in [5, 5.41) is 8.26. The fourth-order valence-electron chi connectivity index (χ4n) is 2.45. The number of carbonyl (C=O) groups is 1. The van der Waals surface area contributed by atoms with Crippen LogP contribution < -0.4 is 5.32 Å². The van der Waals surface area contributed by atoms with Crippen molar-refractivity contribution in [2.45, 2.75) is 30.4 Å². The maximum absolute atomic E-state index is 12.1. The molecule has 0 saturated carbocycles. The molecule has 1 aliphatic rings. The van der Waals surface area contributed by atoms with Crippen LogP contribution in [0.15, 0.2) is 35.5 Å². The number of amides is 1. The number of aromatic nitrogens is 2. The van der Waals surface area contributed by atoms with Gasteiger partial charge >= 0.3 is 0 Å². The topological polar surface area (TPSA) is 56.2 Å². The maximum Gasteiger partial charge on any atom is 0.234 e. The molecule has 1 amide bonds. The van der Waals surface area contributed by atoms with E-state index in [1.165, 1.54) is 11.8 Å². The standard InChI is InChI=1S/C16H17Cl2N3O2S/c17-11-3-4-14(18)15(6-11)24-10-16(22)20-12-7-19-21(8-12)9-13-2-1-5-23-13/h3-4,6-8,13H,1-2,5,9-10H2,(H,20,22). The Morgan fingerprint density at radius 2 is 2.33 bits per heavy atom. The van der Waals surface area contributed by atoms with Gasteiger partial charge in [-0.2, -0.15) is 5.10 Å². The first kappa shape index (κ1) is 17.6. The van der Waals surface area contributed by atoms with Gasteiger partial charge in [-0.3, -0.25) is 9.48 Å². The lowest BCUT2D eigenvalue weighted by molar-refractivity contribution is -0.113. The zero-order valence-corrected chi connectivity index (χ0v) is 15.2. The number of ether oxygens (including phenoxy) is 1. The summed E-state index contributed by atoms with van der Waals surface area (Å²) in [4.78, 5) is 12.9. The van der Waals surface area contributed by atoms with Crippen LogP contribution in [-0.2, 0) is 16.1 Å². The SMILES string of the molecule is O=C(CSc1cc(Cl)ccc1Cl)Nc1cnn(CC2CCCO2)c1. The van der Waals surface area contributed by atoms with Gasteiger partial charge in [0.2, 0.25) is 5.91 Å². The van der Waals surface area contributed by atoms with E-state index in [4.69, 9.17) is 27.9 Å². The number of nitrogens with zero attached hydrogens (tertiary/aromatic N) is 2. The first-order chi connectivity index (χ1) is 11.6. The minimum absolute atomic E-state index is 0.118. The van der Waals surface area contributed by atoms with Gasteiger partial charge in [-0.05, 0) is 31.0 Å². The fourth-order valence-corrected chi connectivity index (χ4v) is 3.75. The number of thioether (sulfide) groups is 1. The monoisotopic (exact) mass is 385 g/mol. The molecule has 0 bridgehead atoms. The van der Waals surface area contributed by atoms with Crippen LogP contribution >= 0.6 is 35.0 Å². The average Bonchev–Trinajstić information content (AvgIpc) is 3.21. The van der Waals surface area contributed by atoms with Gasteiger partial charge in [0.15, 0.2) is 0 Å². The van der Waals surface area contributed by atoms with Gasteiger partial charge in [-0.15, -0.1) is 11.8 Å². The zero-order valence-electron chi connectivity index (χ0n) is 12.9. The number of anilines is 1. The third-order valence-corrected chi connectivity index (χ3v) is 5.32. The van der Waals surface area contributed by atoms with E-state index in [1.54, 1.807) is 29.1 Å². The minimum atomic E-state index is -0.118. The van der Waals surface area contributed by atoms with Gasteiger partial charge in [0.05, 0.1) is 35.3 Å². The summed E-state index contributed by atoms with van der Waals surface area (Å²) in [6.45, 7) is 1.53. The Morgan fingerprint density at radius 1 is 1.46 bits per heavy atom. The van der Waals surface area contributed by atoms with E-state index < -0.39 is 0 Å².